The minimum atomic E-state index is -0.886. The van der Waals surface area contributed by atoms with E-state index in [9.17, 15) is 14.4 Å². The van der Waals surface area contributed by atoms with Crippen LogP contribution in [0.5, 0.6) is 5.88 Å². The van der Waals surface area contributed by atoms with E-state index >= 15 is 0 Å². The van der Waals surface area contributed by atoms with Gasteiger partial charge in [0.1, 0.15) is 17.3 Å². The summed E-state index contributed by atoms with van der Waals surface area (Å²) in [7, 11) is 1.43. The second-order valence-electron chi connectivity index (χ2n) is 8.26. The first-order chi connectivity index (χ1) is 17.0. The van der Waals surface area contributed by atoms with Gasteiger partial charge in [0.2, 0.25) is 5.88 Å². The summed E-state index contributed by atoms with van der Waals surface area (Å²) in [4.78, 5) is 48.7. The maximum Gasteiger partial charge on any atom is 0.301 e. The van der Waals surface area contributed by atoms with E-state index in [1.807, 2.05) is 18.2 Å². The van der Waals surface area contributed by atoms with E-state index < -0.39 is 11.7 Å². The molecule has 0 saturated carbocycles. The van der Waals surface area contributed by atoms with Crippen molar-refractivity contribution in [3.8, 4) is 5.88 Å². The van der Waals surface area contributed by atoms with Gasteiger partial charge in [-0.3, -0.25) is 19.7 Å². The zero-order valence-electron chi connectivity index (χ0n) is 18.9. The maximum absolute atomic E-state index is 13.4. The largest absolute Gasteiger partial charge is 0.480 e. The van der Waals surface area contributed by atoms with E-state index in [4.69, 9.17) is 9.15 Å². The molecule has 4 aromatic rings. The topological polar surface area (TPSA) is 115 Å². The average molecular weight is 491 g/mol. The summed E-state index contributed by atoms with van der Waals surface area (Å²) in [5.74, 6) is -1.71. The number of hydrogen-bond acceptors (Lipinski definition) is 8. The standard InChI is InChI=1S/C25H22N4O5S/c1-33-23-18(24(32)29-9-7-16(13-29)11-15-5-3-2-4-6-15)12-17-19(27-23)14-34-21(17)20(30)22(31)28-25-26-8-10-35-25/h2-6,8,10,12,14,16H,7,9,11,13H2,1H3,(H,26,28,31). The molecule has 0 radical (unpaired) electrons. The van der Waals surface area contributed by atoms with Crippen molar-refractivity contribution >= 4 is 45.0 Å². The number of hydrogen-bond donors (Lipinski definition) is 1. The van der Waals surface area contributed by atoms with Crippen molar-refractivity contribution < 1.29 is 23.5 Å². The average Bonchev–Trinajstić information content (AvgIpc) is 3.64. The Kier molecular flexibility index (Phi) is 6.28. The Morgan fingerprint density at radius 1 is 1.26 bits per heavy atom. The highest BCUT2D eigenvalue weighted by atomic mass is 32.1. The Morgan fingerprint density at radius 3 is 2.83 bits per heavy atom. The Bertz CT molecular complexity index is 1380. The molecular formula is C25H22N4O5S. The number of nitrogens with zero attached hydrogens (tertiary/aromatic N) is 3. The van der Waals surface area contributed by atoms with Crippen LogP contribution >= 0.6 is 11.3 Å². The second-order valence-corrected chi connectivity index (χ2v) is 9.15. The smallest absolute Gasteiger partial charge is 0.301 e. The van der Waals surface area contributed by atoms with Gasteiger partial charge < -0.3 is 14.1 Å². The molecule has 2 amide bonds. The number of pyridine rings is 1. The molecule has 5 rings (SSSR count). The number of Topliss-reactive ketones (excluding diaryl/α,β-unsaturated/α-hetero) is 1. The third kappa shape index (κ3) is 4.65. The molecule has 35 heavy (non-hydrogen) atoms. The van der Waals surface area contributed by atoms with Crippen LogP contribution in [0.2, 0.25) is 0 Å². The minimum absolute atomic E-state index is 0.140. The number of aromatic nitrogens is 2. The van der Waals surface area contributed by atoms with Crippen LogP contribution in [0.25, 0.3) is 10.9 Å². The summed E-state index contributed by atoms with van der Waals surface area (Å²) in [6.07, 6.45) is 4.57. The first-order valence-corrected chi connectivity index (χ1v) is 12.0. The van der Waals surface area contributed by atoms with Gasteiger partial charge in [-0.25, -0.2) is 9.97 Å². The highest BCUT2D eigenvalue weighted by Crippen LogP contribution is 2.30. The Labute approximate surface area is 204 Å². The number of rotatable bonds is 7. The molecule has 10 heteroatoms. The highest BCUT2D eigenvalue weighted by molar-refractivity contribution is 7.13. The molecule has 4 heterocycles. The lowest BCUT2D eigenvalue weighted by atomic mass is 9.99. The van der Waals surface area contributed by atoms with Crippen LogP contribution in [0.4, 0.5) is 5.13 Å². The van der Waals surface area contributed by atoms with Crippen LogP contribution in [0.15, 0.2) is 58.7 Å². The van der Waals surface area contributed by atoms with Crippen molar-refractivity contribution in [3.05, 3.63) is 71.1 Å². The van der Waals surface area contributed by atoms with Crippen LogP contribution < -0.4 is 10.1 Å². The molecule has 178 valence electrons. The number of methoxy groups -OCH3 is 1. The molecule has 3 aromatic heterocycles. The SMILES string of the molecule is COc1nc2coc(C(=O)C(=O)Nc3nccs3)c2cc1C(=O)N1CCC(Cc2ccccc2)C1. The number of thiazole rings is 1. The fraction of sp³-hybridized carbons (Fsp3) is 0.240. The number of ketones is 1. The van der Waals surface area contributed by atoms with Gasteiger partial charge in [-0.2, -0.15) is 0 Å². The highest BCUT2D eigenvalue weighted by Gasteiger charge is 2.31. The molecule has 1 aliphatic heterocycles. The van der Waals surface area contributed by atoms with Gasteiger partial charge in [0.25, 0.3) is 11.7 Å². The molecule has 1 aromatic carbocycles. The molecule has 0 spiro atoms. The van der Waals surface area contributed by atoms with E-state index in [1.54, 1.807) is 10.3 Å². The fourth-order valence-electron chi connectivity index (χ4n) is 4.29. The number of likely N-dealkylation sites (tertiary alicyclic amines) is 1. The minimum Gasteiger partial charge on any atom is -0.480 e. The van der Waals surface area contributed by atoms with Gasteiger partial charge in [-0.1, -0.05) is 30.3 Å². The number of nitrogens with one attached hydrogen (secondary N) is 1. The summed E-state index contributed by atoms with van der Waals surface area (Å²) in [6, 6.07) is 11.7. The summed E-state index contributed by atoms with van der Waals surface area (Å²) < 4.78 is 10.8. The Hall–Kier alpha value is -4.05. The molecule has 1 aliphatic rings. The summed E-state index contributed by atoms with van der Waals surface area (Å²) >= 11 is 1.19. The normalized spacial score (nSPS) is 15.3. The van der Waals surface area contributed by atoms with Crippen LogP contribution in [0, 0.1) is 5.92 Å². The van der Waals surface area contributed by atoms with Crippen LogP contribution in [-0.2, 0) is 11.2 Å². The number of amides is 2. The second kappa shape index (κ2) is 9.67. The first kappa shape index (κ1) is 22.7. The fourth-order valence-corrected chi connectivity index (χ4v) is 4.81. The van der Waals surface area contributed by atoms with E-state index in [2.05, 4.69) is 27.4 Å². The molecular weight excluding hydrogens is 468 g/mol. The zero-order valence-corrected chi connectivity index (χ0v) is 19.7. The molecule has 1 fully saturated rings. The van der Waals surface area contributed by atoms with Crippen molar-refractivity contribution in [2.75, 3.05) is 25.5 Å². The molecule has 0 aliphatic carbocycles. The number of fused-ring (bicyclic) bond motifs is 1. The lowest BCUT2D eigenvalue weighted by Crippen LogP contribution is -2.29. The van der Waals surface area contributed by atoms with Gasteiger partial charge in [-0.05, 0) is 30.4 Å². The number of furan rings is 1. The summed E-state index contributed by atoms with van der Waals surface area (Å²) in [5.41, 5.74) is 1.77. The lowest BCUT2D eigenvalue weighted by Gasteiger charge is -2.18. The van der Waals surface area contributed by atoms with Crippen molar-refractivity contribution in [2.24, 2.45) is 5.92 Å². The van der Waals surface area contributed by atoms with E-state index in [-0.39, 0.29) is 28.5 Å². The van der Waals surface area contributed by atoms with Gasteiger partial charge in [0, 0.05) is 24.7 Å². The van der Waals surface area contributed by atoms with E-state index in [0.29, 0.717) is 29.7 Å². The maximum atomic E-state index is 13.4. The third-order valence-corrected chi connectivity index (χ3v) is 6.67. The number of ether oxygens (including phenoxy) is 1. The number of carbonyl (C=O) groups is 3. The molecule has 9 nitrogen and oxygen atoms in total. The molecule has 0 bridgehead atoms. The lowest BCUT2D eigenvalue weighted by molar-refractivity contribution is -0.112. The van der Waals surface area contributed by atoms with Gasteiger partial charge in [-0.15, -0.1) is 11.3 Å². The van der Waals surface area contributed by atoms with Crippen LogP contribution in [-0.4, -0.2) is 52.7 Å². The predicted octanol–water partition coefficient (Wildman–Crippen LogP) is 3.82. The molecule has 1 N–H and O–H groups in total. The Balaban J connectivity index is 1.38. The number of anilines is 1. The monoisotopic (exact) mass is 490 g/mol. The van der Waals surface area contributed by atoms with Gasteiger partial charge >= 0.3 is 5.91 Å². The van der Waals surface area contributed by atoms with Crippen molar-refractivity contribution in [2.45, 2.75) is 12.8 Å². The van der Waals surface area contributed by atoms with E-state index in [1.165, 1.54) is 42.5 Å². The molecule has 1 saturated heterocycles. The van der Waals surface area contributed by atoms with Crippen molar-refractivity contribution in [1.29, 1.82) is 0 Å². The molecule has 1 atom stereocenters. The van der Waals surface area contributed by atoms with Gasteiger partial charge in [0.15, 0.2) is 10.9 Å². The van der Waals surface area contributed by atoms with Crippen LogP contribution in [0.3, 0.4) is 0 Å². The number of carbonyl (C=O) groups excluding carboxylic acids is 3. The third-order valence-electron chi connectivity index (χ3n) is 5.98. The van der Waals surface area contributed by atoms with E-state index in [0.717, 1.165) is 12.8 Å². The summed E-state index contributed by atoms with van der Waals surface area (Å²) in [6.45, 7) is 1.23. The van der Waals surface area contributed by atoms with Gasteiger partial charge in [0.05, 0.1) is 12.5 Å². The quantitative estimate of drug-likeness (QED) is 0.309. The Morgan fingerprint density at radius 2 is 2.09 bits per heavy atom. The molecule has 1 unspecified atom stereocenters. The van der Waals surface area contributed by atoms with Crippen molar-refractivity contribution in [3.63, 3.8) is 0 Å². The zero-order chi connectivity index (χ0) is 24.4. The summed E-state index contributed by atoms with van der Waals surface area (Å²) in [5, 5.41) is 4.69. The van der Waals surface area contributed by atoms with Crippen molar-refractivity contribution in [1.82, 2.24) is 14.9 Å². The first-order valence-electron chi connectivity index (χ1n) is 11.1. The van der Waals surface area contributed by atoms with Crippen LogP contribution in [0.1, 0.15) is 32.9 Å². The predicted molar refractivity (Wildman–Crippen MR) is 130 cm³/mol. The number of benzene rings is 1.